The normalized spacial score (nSPS) is 12.4. The lowest BCUT2D eigenvalue weighted by Crippen LogP contribution is -2.13. The summed E-state index contributed by atoms with van der Waals surface area (Å²) in [6.07, 6.45) is 0. The van der Waals surface area contributed by atoms with Crippen LogP contribution in [0.3, 0.4) is 0 Å². The van der Waals surface area contributed by atoms with Crippen molar-refractivity contribution in [1.29, 1.82) is 0 Å². The molecular weight excluding hydrogens is 1580 g/mol. The Bertz CT molecular complexity index is 5340. The van der Waals surface area contributed by atoms with Gasteiger partial charge in [0.15, 0.2) is 46.3 Å². The Morgan fingerprint density at radius 1 is 0.260 bits per heavy atom. The van der Waals surface area contributed by atoms with E-state index in [4.69, 9.17) is 207 Å². The smallest absolute Gasteiger partial charge is 0.166 e. The summed E-state index contributed by atoms with van der Waals surface area (Å²) in [5.74, 6) is 3.10. The van der Waals surface area contributed by atoms with Gasteiger partial charge in [-0.15, -0.1) is 0 Å². The van der Waals surface area contributed by atoms with Crippen LogP contribution in [0.15, 0.2) is 72.8 Å². The molecule has 0 spiro atoms. The van der Waals surface area contributed by atoms with Gasteiger partial charge >= 0.3 is 0 Å². The minimum absolute atomic E-state index is 0.0351. The first-order chi connectivity index (χ1) is 48.9. The van der Waals surface area contributed by atoms with E-state index in [9.17, 15) is 0 Å². The maximum Gasteiger partial charge on any atom is 0.166 e. The number of benzene rings is 8. The number of aromatic amines is 2. The Labute approximate surface area is 658 Å². The van der Waals surface area contributed by atoms with E-state index in [1.54, 1.807) is 77.0 Å². The second kappa shape index (κ2) is 27.7. The molecule has 0 atom stereocenters. The summed E-state index contributed by atoms with van der Waals surface area (Å²) in [7, 11) is 6.29. The van der Waals surface area contributed by atoms with Crippen molar-refractivity contribution in [2.75, 3.05) is 28.4 Å². The van der Waals surface area contributed by atoms with Gasteiger partial charge in [-0.1, -0.05) is 222 Å². The number of hydrogen-bond acceptors (Lipinski definition) is 14. The van der Waals surface area contributed by atoms with Crippen LogP contribution in [0.1, 0.15) is 105 Å². The van der Waals surface area contributed by atoms with Crippen molar-refractivity contribution < 1.29 is 37.9 Å². The number of nitrogens with zero attached hydrogens (tertiary/aromatic N) is 6. The first-order valence-corrected chi connectivity index (χ1v) is 36.5. The van der Waals surface area contributed by atoms with Gasteiger partial charge in [0.25, 0.3) is 0 Å². The number of aromatic nitrogens is 8. The second-order valence-corrected chi connectivity index (χ2v) is 33.1. The van der Waals surface area contributed by atoms with E-state index < -0.39 is 21.7 Å². The summed E-state index contributed by atoms with van der Waals surface area (Å²) in [5.41, 5.74) is 1.15. The Morgan fingerprint density at radius 2 is 0.471 bits per heavy atom. The zero-order chi connectivity index (χ0) is 75.2. The lowest BCUT2D eigenvalue weighted by molar-refractivity contribution is 0.407. The minimum atomic E-state index is -0.506. The van der Waals surface area contributed by atoms with E-state index in [2.05, 4.69) is 9.97 Å². The third-order valence-corrected chi connectivity index (χ3v) is 22.3. The molecule has 5 heterocycles. The van der Waals surface area contributed by atoms with E-state index in [-0.39, 0.29) is 173 Å². The summed E-state index contributed by atoms with van der Waals surface area (Å²) in [6, 6.07) is 21.4. The Morgan fingerprint density at radius 3 is 0.702 bits per heavy atom. The summed E-state index contributed by atoms with van der Waals surface area (Å²) in [5, 5.41) is -0.788. The van der Waals surface area contributed by atoms with Crippen molar-refractivity contribution >= 4 is 183 Å². The number of ether oxygens (including phenoxy) is 8. The Balaban J connectivity index is 1.20. The number of rotatable bonds is 12. The van der Waals surface area contributed by atoms with Gasteiger partial charge in [0.1, 0.15) is 88.7 Å². The van der Waals surface area contributed by atoms with Crippen molar-refractivity contribution in [1.82, 2.24) is 39.9 Å². The lowest BCUT2D eigenvalue weighted by atomic mass is 9.86. The number of fused-ring (bicyclic) bond motifs is 20. The molecule has 0 saturated carbocycles. The van der Waals surface area contributed by atoms with Crippen LogP contribution in [0.2, 0.25) is 60.3 Å². The van der Waals surface area contributed by atoms with E-state index >= 15 is 0 Å². The second-order valence-electron chi connectivity index (χ2n) is 28.6. The van der Waals surface area contributed by atoms with Crippen molar-refractivity contribution in [3.05, 3.63) is 155 Å². The quantitative estimate of drug-likeness (QED) is 0.110. The van der Waals surface area contributed by atoms with Gasteiger partial charge in [0.05, 0.1) is 112 Å². The van der Waals surface area contributed by atoms with Crippen LogP contribution in [0, 0.1) is 0 Å². The van der Waals surface area contributed by atoms with Gasteiger partial charge in [-0.05, 0) is 94.5 Å². The fourth-order valence-electron chi connectivity index (χ4n) is 12.3. The average molecular weight is 1640 g/mol. The standard InChI is InChI=1S/C76H62Cl12N8O8/c1-73(2,3)33-25-29(97-13)17-21-37(33)101-61-53(81)45-41(49(77)57(61)85)65-89-69(45)93-66-42-46(54(82)62(58(86)50(42)78)102-38-22-18-30(98-14)26-34(38)74(4,5)6)71(90-66)95-68-44-48(56(84)64(60(88)52(44)80)104-40-24-20-32(100-16)28-36(40)76(10,11)12)72(92-68)96-67-43-47(70(91-67)94-65)55(83)63(59(87)51(43)79)103-39-23-19-31(99-15)27-35(39)75(7,8)9/h17-28H,1-16H3,(H2,89,90,91,92,93,94,95,96). The molecule has 2 aliphatic rings. The third kappa shape index (κ3) is 13.1. The molecule has 0 aliphatic carbocycles. The molecule has 8 bridgehead atoms. The van der Waals surface area contributed by atoms with Gasteiger partial charge in [0, 0.05) is 22.3 Å². The molecule has 11 aromatic rings. The summed E-state index contributed by atoms with van der Waals surface area (Å²) < 4.78 is 49.9. The topological polar surface area (TPSA) is 183 Å². The summed E-state index contributed by atoms with van der Waals surface area (Å²) in [6.45, 7) is 24.2. The molecule has 0 saturated heterocycles. The zero-order valence-electron chi connectivity index (χ0n) is 58.4. The highest BCUT2D eigenvalue weighted by atomic mass is 35.5. The fourth-order valence-corrected chi connectivity index (χ4v) is 15.7. The van der Waals surface area contributed by atoms with Gasteiger partial charge in [0.2, 0.25) is 0 Å². The predicted molar refractivity (Wildman–Crippen MR) is 423 cm³/mol. The van der Waals surface area contributed by atoms with Crippen LogP contribution >= 0.6 is 139 Å². The molecule has 3 aromatic heterocycles. The van der Waals surface area contributed by atoms with Crippen LogP contribution in [0.4, 0.5) is 0 Å². The van der Waals surface area contributed by atoms with Gasteiger partial charge in [-0.3, -0.25) is 0 Å². The lowest BCUT2D eigenvalue weighted by Gasteiger charge is -2.24. The van der Waals surface area contributed by atoms with E-state index in [0.717, 1.165) is 22.3 Å². The van der Waals surface area contributed by atoms with Gasteiger partial charge in [-0.2, -0.15) is 0 Å². The average Bonchev–Trinajstić information content (AvgIpc) is 1.56. The monoisotopic (exact) mass is 1630 g/mol. The highest BCUT2D eigenvalue weighted by molar-refractivity contribution is 6.53. The molecule has 16 nitrogen and oxygen atoms in total. The van der Waals surface area contributed by atoms with Crippen LogP contribution in [-0.2, 0) is 21.7 Å². The molecule has 0 amide bonds. The van der Waals surface area contributed by atoms with Crippen molar-refractivity contribution in [3.8, 4) is 115 Å². The maximum absolute atomic E-state index is 7.76. The summed E-state index contributed by atoms with van der Waals surface area (Å²) in [4.78, 5) is 38.1. The van der Waals surface area contributed by atoms with Crippen molar-refractivity contribution in [3.63, 3.8) is 0 Å². The maximum atomic E-state index is 7.76. The molecule has 0 unspecified atom stereocenters. The van der Waals surface area contributed by atoms with E-state index in [1.807, 2.05) is 107 Å². The van der Waals surface area contributed by atoms with Crippen LogP contribution in [0.25, 0.3) is 89.7 Å². The number of H-pyrrole nitrogens is 2. The molecule has 13 rings (SSSR count). The van der Waals surface area contributed by atoms with Gasteiger partial charge < -0.3 is 47.9 Å². The SMILES string of the molecule is COc1ccc(Oc2c(Cl)c(Cl)c3c(c2Cl)-c2nc-3nc3[nH]c(nc4nc(nc5[nH]c(n2)c2c(Cl)c(Cl)c(Oc6ccc(OC)cc6C(C)(C)C)c(Cl)c52)-c2c(Cl)c(Cl)c(Oc5ccc(OC)cc5C(C)(C)C)c(Cl)c2-4)c2c(Cl)c(Cl)c(Oc4ccc(OC)cc4C(C)(C)C)c(Cl)c32)c(C(C)(C)C)c1. The molecule has 2 aliphatic heterocycles. The van der Waals surface area contributed by atoms with E-state index in [0.29, 0.717) is 46.0 Å². The third-order valence-electron chi connectivity index (χ3n) is 17.6. The first-order valence-electron chi connectivity index (χ1n) is 32.0. The predicted octanol–water partition coefficient (Wildman–Crippen LogP) is 27.1. The van der Waals surface area contributed by atoms with Crippen molar-refractivity contribution in [2.45, 2.75) is 105 Å². The highest BCUT2D eigenvalue weighted by Crippen LogP contribution is 2.59. The molecule has 8 aromatic carbocycles. The number of nitrogens with one attached hydrogen (secondary N) is 2. The largest absolute Gasteiger partial charge is 0.497 e. The van der Waals surface area contributed by atoms with E-state index in [1.165, 1.54) is 0 Å². The van der Waals surface area contributed by atoms with Crippen LogP contribution in [0.5, 0.6) is 69.0 Å². The highest BCUT2D eigenvalue weighted by Gasteiger charge is 2.38. The van der Waals surface area contributed by atoms with Crippen LogP contribution in [-0.4, -0.2) is 68.3 Å². The van der Waals surface area contributed by atoms with Crippen molar-refractivity contribution in [2.24, 2.45) is 0 Å². The first kappa shape index (κ1) is 75.2. The Kier molecular flexibility index (Phi) is 20.0. The molecular formula is C76H62Cl12N8O8. The molecule has 538 valence electrons. The number of hydrogen-bond donors (Lipinski definition) is 2. The number of methoxy groups -OCH3 is 4. The molecule has 28 heteroatoms. The van der Waals surface area contributed by atoms with Gasteiger partial charge in [-0.25, -0.2) is 29.9 Å². The molecule has 0 fully saturated rings. The number of halogens is 12. The fraction of sp³-hybridized carbons (Fsp3) is 0.263. The zero-order valence-corrected chi connectivity index (χ0v) is 67.5. The van der Waals surface area contributed by atoms with Crippen LogP contribution < -0.4 is 37.9 Å². The Hall–Kier alpha value is -7.00. The molecule has 0 radical (unpaired) electrons. The molecule has 2 N–H and O–H groups in total. The summed E-state index contributed by atoms with van der Waals surface area (Å²) >= 11 is 91.4. The minimum Gasteiger partial charge on any atom is -0.497 e. The molecule has 104 heavy (non-hydrogen) atoms.